The van der Waals surface area contributed by atoms with Gasteiger partial charge in [0.15, 0.2) is 0 Å². The van der Waals surface area contributed by atoms with Gasteiger partial charge in [0.2, 0.25) is 0 Å². The molecule has 1 heterocycles. The molecule has 4 heteroatoms. The van der Waals surface area contributed by atoms with E-state index in [0.717, 1.165) is 25.0 Å². The van der Waals surface area contributed by atoms with Crippen LogP contribution in [0.1, 0.15) is 31.2 Å². The number of nitrogens with one attached hydrogen (secondary N) is 1. The molecule has 2 N–H and O–H groups in total. The van der Waals surface area contributed by atoms with Crippen molar-refractivity contribution < 1.29 is 14.6 Å². The lowest BCUT2D eigenvalue weighted by Gasteiger charge is -2.34. The maximum absolute atomic E-state index is 10.0. The Morgan fingerprint density at radius 1 is 1.24 bits per heavy atom. The Morgan fingerprint density at radius 2 is 2.05 bits per heavy atom. The number of aliphatic hydroxyl groups is 1. The van der Waals surface area contributed by atoms with Crippen LogP contribution >= 0.6 is 0 Å². The van der Waals surface area contributed by atoms with Gasteiger partial charge in [-0.25, -0.2) is 0 Å². The Labute approximate surface area is 126 Å². The van der Waals surface area contributed by atoms with Crippen LogP contribution in [0.2, 0.25) is 0 Å². The van der Waals surface area contributed by atoms with E-state index in [4.69, 9.17) is 9.47 Å². The van der Waals surface area contributed by atoms with Crippen molar-refractivity contribution in [2.45, 2.75) is 43.4 Å². The molecule has 0 spiro atoms. The summed E-state index contributed by atoms with van der Waals surface area (Å²) < 4.78 is 11.5. The molecule has 1 saturated carbocycles. The molecule has 1 saturated heterocycles. The van der Waals surface area contributed by atoms with E-state index in [1.54, 1.807) is 0 Å². The molecular weight excluding hydrogens is 266 g/mol. The molecule has 4 nitrogen and oxygen atoms in total. The van der Waals surface area contributed by atoms with Crippen LogP contribution < -0.4 is 5.32 Å². The monoisotopic (exact) mass is 291 g/mol. The summed E-state index contributed by atoms with van der Waals surface area (Å²) in [6, 6.07) is 10.6. The minimum absolute atomic E-state index is 0.0407. The summed E-state index contributed by atoms with van der Waals surface area (Å²) in [5.41, 5.74) is 0.591. The quantitative estimate of drug-likeness (QED) is 0.767. The fourth-order valence-electron chi connectivity index (χ4n) is 2.91. The second-order valence-corrected chi connectivity index (χ2v) is 6.18. The molecule has 0 radical (unpaired) electrons. The molecular formula is C17H25NO3. The summed E-state index contributed by atoms with van der Waals surface area (Å²) in [6.45, 7) is 1.97. The van der Waals surface area contributed by atoms with Crippen LogP contribution in [-0.2, 0) is 15.0 Å². The number of ether oxygens (including phenoxy) is 2. The highest BCUT2D eigenvalue weighted by molar-refractivity contribution is 5.25. The van der Waals surface area contributed by atoms with Gasteiger partial charge in [0.25, 0.3) is 0 Å². The zero-order valence-electron chi connectivity index (χ0n) is 12.5. The van der Waals surface area contributed by atoms with Crippen LogP contribution in [0, 0.1) is 0 Å². The highest BCUT2D eigenvalue weighted by Crippen LogP contribution is 2.29. The van der Waals surface area contributed by atoms with Gasteiger partial charge >= 0.3 is 0 Å². The second kappa shape index (κ2) is 6.88. The van der Waals surface area contributed by atoms with Gasteiger partial charge in [-0.3, -0.25) is 0 Å². The first-order valence-corrected chi connectivity index (χ1v) is 7.96. The first-order valence-electron chi connectivity index (χ1n) is 7.96. The maximum atomic E-state index is 10.0. The topological polar surface area (TPSA) is 50.7 Å². The minimum Gasteiger partial charge on any atom is -0.394 e. The number of benzene rings is 1. The third-order valence-electron chi connectivity index (χ3n) is 4.33. The van der Waals surface area contributed by atoms with Gasteiger partial charge in [-0.2, -0.15) is 0 Å². The lowest BCUT2D eigenvalue weighted by molar-refractivity contribution is -0.0196. The lowest BCUT2D eigenvalue weighted by atomic mass is 9.91. The predicted molar refractivity (Wildman–Crippen MR) is 81.2 cm³/mol. The lowest BCUT2D eigenvalue weighted by Crippen LogP contribution is -2.50. The Bertz CT molecular complexity index is 429. The largest absolute Gasteiger partial charge is 0.394 e. The number of aliphatic hydroxyl groups excluding tert-OH is 1. The van der Waals surface area contributed by atoms with Crippen LogP contribution in [0.4, 0.5) is 0 Å². The van der Waals surface area contributed by atoms with E-state index in [-0.39, 0.29) is 12.7 Å². The van der Waals surface area contributed by atoms with Crippen molar-refractivity contribution in [2.24, 2.45) is 0 Å². The van der Waals surface area contributed by atoms with Crippen LogP contribution in [0.5, 0.6) is 0 Å². The van der Waals surface area contributed by atoms with Gasteiger partial charge in [0.1, 0.15) is 0 Å². The highest BCUT2D eigenvalue weighted by atomic mass is 16.5. The standard InChI is InChI=1S/C17H25NO3/c19-12-17(18-15-8-9-15,14-5-2-1-3-6-14)13-20-11-16-7-4-10-21-16/h1-3,5-6,15-16,18-19H,4,7-13H2. The van der Waals surface area contributed by atoms with Crippen LogP contribution in [0.25, 0.3) is 0 Å². The summed E-state index contributed by atoms with van der Waals surface area (Å²) in [7, 11) is 0. The fourth-order valence-corrected chi connectivity index (χ4v) is 2.91. The van der Waals surface area contributed by atoms with Gasteiger partial charge in [0, 0.05) is 12.6 Å². The second-order valence-electron chi connectivity index (χ2n) is 6.18. The van der Waals surface area contributed by atoms with Crippen molar-refractivity contribution in [3.63, 3.8) is 0 Å². The molecule has 2 fully saturated rings. The fraction of sp³-hybridized carbons (Fsp3) is 0.647. The molecule has 1 aromatic carbocycles. The van der Waals surface area contributed by atoms with Gasteiger partial charge < -0.3 is 19.9 Å². The average molecular weight is 291 g/mol. The average Bonchev–Trinajstić information content (AvgIpc) is 3.19. The highest BCUT2D eigenvalue weighted by Gasteiger charge is 2.37. The Hall–Kier alpha value is -0.940. The first kappa shape index (κ1) is 15.0. The number of hydrogen-bond acceptors (Lipinski definition) is 4. The smallest absolute Gasteiger partial charge is 0.0908 e. The maximum Gasteiger partial charge on any atom is 0.0908 e. The van der Waals surface area contributed by atoms with E-state index >= 15 is 0 Å². The van der Waals surface area contributed by atoms with Crippen molar-refractivity contribution in [3.05, 3.63) is 35.9 Å². The van der Waals surface area contributed by atoms with E-state index in [1.165, 1.54) is 12.8 Å². The van der Waals surface area contributed by atoms with Crippen molar-refractivity contribution in [3.8, 4) is 0 Å². The van der Waals surface area contributed by atoms with Crippen molar-refractivity contribution in [2.75, 3.05) is 26.4 Å². The normalized spacial score (nSPS) is 24.9. The van der Waals surface area contributed by atoms with E-state index in [1.807, 2.05) is 18.2 Å². The van der Waals surface area contributed by atoms with Crippen molar-refractivity contribution >= 4 is 0 Å². The van der Waals surface area contributed by atoms with Gasteiger partial charge in [-0.1, -0.05) is 30.3 Å². The first-order chi connectivity index (χ1) is 10.3. The van der Waals surface area contributed by atoms with Gasteiger partial charge in [-0.15, -0.1) is 0 Å². The molecule has 2 unspecified atom stereocenters. The minimum atomic E-state index is -0.499. The van der Waals surface area contributed by atoms with E-state index in [2.05, 4.69) is 17.4 Å². The molecule has 3 rings (SSSR count). The third kappa shape index (κ3) is 3.83. The summed E-state index contributed by atoms with van der Waals surface area (Å²) in [4.78, 5) is 0. The zero-order chi connectivity index (χ0) is 14.5. The Kier molecular flexibility index (Phi) is 4.91. The van der Waals surface area contributed by atoms with Crippen molar-refractivity contribution in [1.29, 1.82) is 0 Å². The molecule has 1 aromatic rings. The SMILES string of the molecule is OCC(COCC1CCCO1)(NC1CC1)c1ccccc1. The van der Waals surface area contributed by atoms with Crippen LogP contribution in [-0.4, -0.2) is 43.7 Å². The van der Waals surface area contributed by atoms with Crippen molar-refractivity contribution in [1.82, 2.24) is 5.32 Å². The van der Waals surface area contributed by atoms with Gasteiger partial charge in [-0.05, 0) is 31.2 Å². The molecule has 1 aliphatic heterocycles. The number of rotatable bonds is 8. The van der Waals surface area contributed by atoms with E-state index in [0.29, 0.717) is 19.3 Å². The predicted octanol–water partition coefficient (Wildman–Crippen LogP) is 1.82. The Balaban J connectivity index is 1.65. The van der Waals surface area contributed by atoms with E-state index in [9.17, 15) is 5.11 Å². The Morgan fingerprint density at radius 3 is 2.67 bits per heavy atom. The molecule has 1 aliphatic carbocycles. The molecule has 0 aromatic heterocycles. The summed E-state index contributed by atoms with van der Waals surface area (Å²) >= 11 is 0. The van der Waals surface area contributed by atoms with Gasteiger partial charge in [0.05, 0.1) is 31.5 Å². The summed E-state index contributed by atoms with van der Waals surface area (Å²) in [5.74, 6) is 0. The molecule has 2 aliphatic rings. The number of hydrogen-bond donors (Lipinski definition) is 2. The van der Waals surface area contributed by atoms with E-state index < -0.39 is 5.54 Å². The molecule has 0 bridgehead atoms. The summed E-state index contributed by atoms with van der Waals surface area (Å²) in [5, 5.41) is 13.6. The molecule has 116 valence electrons. The molecule has 2 atom stereocenters. The summed E-state index contributed by atoms with van der Waals surface area (Å²) in [6.07, 6.45) is 4.78. The zero-order valence-corrected chi connectivity index (χ0v) is 12.5. The van der Waals surface area contributed by atoms with Crippen LogP contribution in [0.15, 0.2) is 30.3 Å². The van der Waals surface area contributed by atoms with Crippen LogP contribution in [0.3, 0.4) is 0 Å². The molecule has 21 heavy (non-hydrogen) atoms. The third-order valence-corrected chi connectivity index (χ3v) is 4.33. The molecule has 0 amide bonds.